The average Bonchev–Trinajstić information content (AvgIpc) is 3.68. The Bertz CT molecular complexity index is 1880. The predicted molar refractivity (Wildman–Crippen MR) is 194 cm³/mol. The van der Waals surface area contributed by atoms with Crippen molar-refractivity contribution in [3.8, 4) is 0 Å². The Kier molecular flexibility index (Phi) is 11.0. The smallest absolute Gasteiger partial charge is 0.410 e. The van der Waals surface area contributed by atoms with Crippen LogP contribution in [0.3, 0.4) is 0 Å². The van der Waals surface area contributed by atoms with Crippen LogP contribution in [0, 0.1) is 0 Å². The van der Waals surface area contributed by atoms with E-state index in [0.29, 0.717) is 50.5 Å². The van der Waals surface area contributed by atoms with Gasteiger partial charge in [0.1, 0.15) is 17.3 Å². The van der Waals surface area contributed by atoms with Gasteiger partial charge in [-0.2, -0.15) is 0 Å². The lowest BCUT2D eigenvalue weighted by Gasteiger charge is -2.36. The van der Waals surface area contributed by atoms with Gasteiger partial charge >= 0.3 is 6.09 Å². The summed E-state index contributed by atoms with van der Waals surface area (Å²) in [4.78, 5) is 80.2. The van der Waals surface area contributed by atoms with E-state index in [1.807, 2.05) is 45.0 Å². The van der Waals surface area contributed by atoms with Gasteiger partial charge in [0.25, 0.3) is 11.8 Å². The first-order valence-electron chi connectivity index (χ1n) is 18.0. The van der Waals surface area contributed by atoms with E-state index in [4.69, 9.17) is 4.74 Å². The Balaban J connectivity index is 0.890. The maximum absolute atomic E-state index is 13.3. The van der Waals surface area contributed by atoms with Crippen LogP contribution in [0.1, 0.15) is 85.7 Å². The molecule has 6 amide bonds. The van der Waals surface area contributed by atoms with Crippen LogP contribution in [0.25, 0.3) is 0 Å². The molecule has 1 aromatic heterocycles. The van der Waals surface area contributed by atoms with E-state index in [9.17, 15) is 28.8 Å². The molecule has 280 valence electrons. The molecule has 0 saturated carbocycles. The monoisotopic (exact) mass is 727 g/mol. The van der Waals surface area contributed by atoms with Crippen LogP contribution in [0.5, 0.6) is 0 Å². The second kappa shape index (κ2) is 15.8. The summed E-state index contributed by atoms with van der Waals surface area (Å²) in [7, 11) is 0. The third kappa shape index (κ3) is 8.99. The number of fused-ring (bicyclic) bond motifs is 1. The Morgan fingerprint density at radius 2 is 1.70 bits per heavy atom. The average molecular weight is 728 g/mol. The number of benzene rings is 2. The summed E-state index contributed by atoms with van der Waals surface area (Å²) in [5.74, 6) is -2.28. The predicted octanol–water partition coefficient (Wildman–Crippen LogP) is 3.55. The summed E-state index contributed by atoms with van der Waals surface area (Å²) >= 11 is 0. The van der Waals surface area contributed by atoms with Gasteiger partial charge in [0, 0.05) is 62.6 Å². The van der Waals surface area contributed by atoms with Gasteiger partial charge in [0.2, 0.25) is 17.7 Å². The van der Waals surface area contributed by atoms with E-state index in [1.165, 1.54) is 0 Å². The number of hydrogen-bond acceptors (Lipinski definition) is 11. The minimum atomic E-state index is -1.03. The molecule has 1 unspecified atom stereocenters. The highest BCUT2D eigenvalue weighted by molar-refractivity contribution is 6.25. The number of nitrogens with zero attached hydrogens (tertiary/aromatic N) is 6. The second-order valence-electron chi connectivity index (χ2n) is 14.4. The van der Waals surface area contributed by atoms with Crippen molar-refractivity contribution in [1.82, 2.24) is 30.1 Å². The maximum Gasteiger partial charge on any atom is 0.410 e. The lowest BCUT2D eigenvalue weighted by atomic mass is 10.0. The van der Waals surface area contributed by atoms with Crippen molar-refractivity contribution in [2.75, 3.05) is 41.7 Å². The number of amides is 6. The molecule has 2 fully saturated rings. The summed E-state index contributed by atoms with van der Waals surface area (Å²) in [6.45, 7) is 9.03. The zero-order valence-electron chi connectivity index (χ0n) is 30.2. The number of nitrogens with one attached hydrogen (secondary N) is 3. The highest BCUT2D eigenvalue weighted by Gasteiger charge is 2.45. The molecule has 3 aliphatic heterocycles. The maximum atomic E-state index is 13.3. The third-order valence-electron chi connectivity index (χ3n) is 9.25. The largest absolute Gasteiger partial charge is 0.444 e. The minimum Gasteiger partial charge on any atom is -0.444 e. The number of hydrogen-bond donors (Lipinski definition) is 3. The van der Waals surface area contributed by atoms with Crippen LogP contribution in [0.2, 0.25) is 0 Å². The van der Waals surface area contributed by atoms with Gasteiger partial charge < -0.3 is 25.2 Å². The number of aryl methyl sites for hydroxylation is 1. The van der Waals surface area contributed by atoms with Gasteiger partial charge in [0.15, 0.2) is 0 Å². The van der Waals surface area contributed by atoms with E-state index in [2.05, 4.69) is 31.2 Å². The van der Waals surface area contributed by atoms with Crippen LogP contribution >= 0.6 is 0 Å². The summed E-state index contributed by atoms with van der Waals surface area (Å²) in [6, 6.07) is 11.6. The fraction of sp³-hybridized carbons (Fsp3) is 0.459. The Hall–Kier alpha value is -5.80. The van der Waals surface area contributed by atoms with Gasteiger partial charge in [-0.05, 0) is 76.4 Å². The van der Waals surface area contributed by atoms with Gasteiger partial charge in [0.05, 0.1) is 23.9 Å². The number of rotatable bonds is 12. The lowest BCUT2D eigenvalue weighted by Crippen LogP contribution is -2.54. The summed E-state index contributed by atoms with van der Waals surface area (Å²) < 4.78 is 7.21. The summed E-state index contributed by atoms with van der Waals surface area (Å²) in [5.41, 5.74) is 2.70. The zero-order valence-corrected chi connectivity index (χ0v) is 30.2. The first-order valence-corrected chi connectivity index (χ1v) is 18.0. The summed E-state index contributed by atoms with van der Waals surface area (Å²) in [5, 5.41) is 16.7. The van der Waals surface area contributed by atoms with Gasteiger partial charge in [-0.15, -0.1) is 5.10 Å². The van der Waals surface area contributed by atoms with Crippen LogP contribution in [0.15, 0.2) is 48.7 Å². The Labute approximate surface area is 307 Å². The van der Waals surface area contributed by atoms with E-state index >= 15 is 0 Å². The number of piperidine rings is 1. The number of unbranched alkanes of at least 4 members (excludes halogenated alkanes) is 2. The highest BCUT2D eigenvalue weighted by atomic mass is 16.6. The van der Waals surface area contributed by atoms with Gasteiger partial charge in [-0.3, -0.25) is 38.9 Å². The first-order chi connectivity index (χ1) is 25.4. The van der Waals surface area contributed by atoms with Gasteiger partial charge in [-0.1, -0.05) is 17.7 Å². The number of anilines is 3. The third-order valence-corrected chi connectivity index (χ3v) is 9.25. The Morgan fingerprint density at radius 1 is 0.943 bits per heavy atom. The van der Waals surface area contributed by atoms with Crippen LogP contribution in [-0.2, 0) is 32.2 Å². The molecule has 53 heavy (non-hydrogen) atoms. The molecule has 16 heteroatoms. The van der Waals surface area contributed by atoms with Crippen molar-refractivity contribution in [2.45, 2.75) is 84.0 Å². The number of imide groups is 2. The molecule has 4 heterocycles. The number of piperazine rings is 1. The molecule has 0 bridgehead atoms. The molecule has 3 aromatic rings. The van der Waals surface area contributed by atoms with E-state index < -0.39 is 35.3 Å². The second-order valence-corrected chi connectivity index (χ2v) is 14.4. The fourth-order valence-electron chi connectivity index (χ4n) is 6.57. The van der Waals surface area contributed by atoms with Gasteiger partial charge in [-0.25, -0.2) is 4.79 Å². The molecule has 1 atom stereocenters. The standard InChI is InChI=1S/C37H45N9O7/c1-37(2,3)53-36(52)44-20-18-43(19-21-44)26-13-11-24(12-14-26)39-30(47)10-5-4-6-17-45-23-25(41-42-45)22-38-28-9-7-8-27-32(28)35(51)46(34(27)50)29-15-16-31(48)40-33(29)49/h7-9,11-14,23,29,38H,4-6,10,15-22H2,1-3H3,(H,39,47)(H,40,48,49). The van der Waals surface area contributed by atoms with Crippen LogP contribution < -0.4 is 20.9 Å². The highest BCUT2D eigenvalue weighted by Crippen LogP contribution is 2.32. The fourth-order valence-corrected chi connectivity index (χ4v) is 6.57. The van der Waals surface area contributed by atoms with Crippen molar-refractivity contribution < 1.29 is 33.5 Å². The van der Waals surface area contributed by atoms with Crippen LogP contribution in [-0.4, -0.2) is 98.2 Å². The molecule has 0 aliphatic carbocycles. The van der Waals surface area contributed by atoms with Crippen molar-refractivity contribution in [3.05, 3.63) is 65.5 Å². The summed E-state index contributed by atoms with van der Waals surface area (Å²) in [6.07, 6.45) is 4.39. The zero-order chi connectivity index (χ0) is 37.7. The van der Waals surface area contributed by atoms with Crippen LogP contribution in [0.4, 0.5) is 21.9 Å². The lowest BCUT2D eigenvalue weighted by molar-refractivity contribution is -0.136. The molecular formula is C37H45N9O7. The molecule has 0 spiro atoms. The molecular weight excluding hydrogens is 682 g/mol. The molecule has 3 aliphatic rings. The van der Waals surface area contributed by atoms with E-state index in [1.54, 1.807) is 34.0 Å². The number of carbonyl (C=O) groups excluding carboxylic acids is 6. The van der Waals surface area contributed by atoms with Crippen molar-refractivity contribution in [1.29, 1.82) is 0 Å². The Morgan fingerprint density at radius 3 is 2.42 bits per heavy atom. The van der Waals surface area contributed by atoms with E-state index in [-0.39, 0.29) is 42.5 Å². The topological polar surface area (TPSA) is 188 Å². The van der Waals surface area contributed by atoms with Crippen molar-refractivity contribution in [2.24, 2.45) is 0 Å². The van der Waals surface area contributed by atoms with E-state index in [0.717, 1.165) is 35.5 Å². The molecule has 16 nitrogen and oxygen atoms in total. The number of carbonyl (C=O) groups is 6. The number of ether oxygens (including phenoxy) is 1. The molecule has 0 radical (unpaired) electrons. The molecule has 2 aromatic carbocycles. The normalized spacial score (nSPS) is 17.5. The van der Waals surface area contributed by atoms with Crippen molar-refractivity contribution in [3.63, 3.8) is 0 Å². The number of aromatic nitrogens is 3. The quantitative estimate of drug-likeness (QED) is 0.183. The SMILES string of the molecule is CC(C)(C)OC(=O)N1CCN(c2ccc(NC(=O)CCCCCn3cc(CNc4cccc5c4C(=O)N(C4CCC(=O)NC4=O)C5=O)nn3)cc2)CC1. The van der Waals surface area contributed by atoms with Crippen molar-refractivity contribution >= 4 is 52.7 Å². The molecule has 6 rings (SSSR count). The molecule has 3 N–H and O–H groups in total. The first kappa shape index (κ1) is 37.0. The minimum absolute atomic E-state index is 0.0503. The molecule has 2 saturated heterocycles.